The summed E-state index contributed by atoms with van der Waals surface area (Å²) in [5.41, 5.74) is 0.799. The molecule has 102 valence electrons. The van der Waals surface area contributed by atoms with Crippen LogP contribution in [0.5, 0.6) is 0 Å². The van der Waals surface area contributed by atoms with E-state index >= 15 is 0 Å². The molecule has 1 unspecified atom stereocenters. The zero-order valence-electron chi connectivity index (χ0n) is 11.1. The molecule has 0 aliphatic carbocycles. The van der Waals surface area contributed by atoms with E-state index in [1.807, 2.05) is 6.92 Å². The molecular weight excluding hydrogens is 254 g/mol. The third-order valence-electron chi connectivity index (χ3n) is 2.66. The number of nitrogens with zero attached hydrogens (tertiary/aromatic N) is 2. The third kappa shape index (κ3) is 4.31. The molecule has 5 nitrogen and oxygen atoms in total. The van der Waals surface area contributed by atoms with Crippen molar-refractivity contribution in [2.75, 3.05) is 13.7 Å². The Morgan fingerprint density at radius 3 is 2.89 bits per heavy atom. The van der Waals surface area contributed by atoms with Crippen LogP contribution in [0, 0.1) is 6.92 Å². The molecule has 1 rings (SSSR count). The number of esters is 1. The van der Waals surface area contributed by atoms with Crippen LogP contribution in [0.2, 0.25) is 5.02 Å². The summed E-state index contributed by atoms with van der Waals surface area (Å²) in [7, 11) is 1.40. The average molecular weight is 274 g/mol. The fraction of sp³-hybridized carbons (Fsp3) is 0.667. The zero-order chi connectivity index (χ0) is 13.5. The molecule has 0 fully saturated rings. The number of carbonyl (C=O) groups is 1. The number of nitrogens with one attached hydrogen (secondary N) is 1. The van der Waals surface area contributed by atoms with Gasteiger partial charge in [0.25, 0.3) is 0 Å². The number of halogens is 1. The second-order valence-electron chi connectivity index (χ2n) is 4.14. The van der Waals surface area contributed by atoms with Gasteiger partial charge < -0.3 is 10.1 Å². The summed E-state index contributed by atoms with van der Waals surface area (Å²) >= 11 is 5.93. The fourth-order valence-electron chi connectivity index (χ4n) is 1.63. The Labute approximate surface area is 112 Å². The number of aromatic nitrogens is 2. The standard InChI is InChI=1S/C12H20ClN3O2/c1-4-6-14-11(12(17)18-3)5-7-16-8-10(13)9(2)15-16/h8,11,14H,4-7H2,1-3H3. The first-order valence-corrected chi connectivity index (χ1v) is 6.47. The van der Waals surface area contributed by atoms with E-state index in [0.29, 0.717) is 18.0 Å². The van der Waals surface area contributed by atoms with Gasteiger partial charge in [-0.25, -0.2) is 0 Å². The predicted molar refractivity (Wildman–Crippen MR) is 70.7 cm³/mol. The van der Waals surface area contributed by atoms with Gasteiger partial charge in [0.1, 0.15) is 6.04 Å². The predicted octanol–water partition coefficient (Wildman–Crippen LogP) is 1.78. The topological polar surface area (TPSA) is 56.2 Å². The van der Waals surface area contributed by atoms with Crippen molar-refractivity contribution in [2.24, 2.45) is 0 Å². The first-order valence-electron chi connectivity index (χ1n) is 6.09. The largest absolute Gasteiger partial charge is 0.468 e. The van der Waals surface area contributed by atoms with Gasteiger partial charge in [0.2, 0.25) is 0 Å². The smallest absolute Gasteiger partial charge is 0.322 e. The van der Waals surface area contributed by atoms with Crippen molar-refractivity contribution in [3.05, 3.63) is 16.9 Å². The molecule has 1 N–H and O–H groups in total. The van der Waals surface area contributed by atoms with E-state index < -0.39 is 0 Å². The highest BCUT2D eigenvalue weighted by molar-refractivity contribution is 6.31. The molecule has 0 saturated heterocycles. The number of methoxy groups -OCH3 is 1. The van der Waals surface area contributed by atoms with Gasteiger partial charge in [-0.1, -0.05) is 18.5 Å². The first-order chi connectivity index (χ1) is 8.58. The van der Waals surface area contributed by atoms with Gasteiger partial charge in [0.15, 0.2) is 0 Å². The molecule has 0 spiro atoms. The first kappa shape index (κ1) is 15.0. The van der Waals surface area contributed by atoms with Gasteiger partial charge in [-0.05, 0) is 26.3 Å². The Bertz CT molecular complexity index is 373. The van der Waals surface area contributed by atoms with Crippen LogP contribution in [0.25, 0.3) is 0 Å². The SMILES string of the molecule is CCCNC(CCn1cc(Cl)c(C)n1)C(=O)OC. The van der Waals surface area contributed by atoms with E-state index in [9.17, 15) is 4.79 Å². The van der Waals surface area contributed by atoms with Crippen molar-refractivity contribution in [1.29, 1.82) is 0 Å². The maximum atomic E-state index is 11.6. The molecule has 1 aromatic rings. The molecule has 1 aromatic heterocycles. The van der Waals surface area contributed by atoms with Crippen LogP contribution in [0.3, 0.4) is 0 Å². The van der Waals surface area contributed by atoms with Crippen LogP contribution >= 0.6 is 11.6 Å². The summed E-state index contributed by atoms with van der Waals surface area (Å²) in [5, 5.41) is 8.06. The summed E-state index contributed by atoms with van der Waals surface area (Å²) in [6, 6.07) is -0.293. The van der Waals surface area contributed by atoms with Crippen molar-refractivity contribution in [3.63, 3.8) is 0 Å². The minimum Gasteiger partial charge on any atom is -0.468 e. The molecule has 0 bridgehead atoms. The Morgan fingerprint density at radius 2 is 2.39 bits per heavy atom. The number of hydrogen-bond acceptors (Lipinski definition) is 4. The van der Waals surface area contributed by atoms with Crippen LogP contribution in [0.1, 0.15) is 25.5 Å². The van der Waals surface area contributed by atoms with Crippen LogP contribution in [0.4, 0.5) is 0 Å². The summed E-state index contributed by atoms with van der Waals surface area (Å²) in [6.07, 6.45) is 3.37. The number of rotatable bonds is 7. The summed E-state index contributed by atoms with van der Waals surface area (Å²) in [5.74, 6) is -0.238. The van der Waals surface area contributed by atoms with E-state index in [2.05, 4.69) is 17.3 Å². The Kier molecular flexibility index (Phi) is 6.15. The minimum atomic E-state index is -0.293. The highest BCUT2D eigenvalue weighted by atomic mass is 35.5. The Hall–Kier alpha value is -1.07. The summed E-state index contributed by atoms with van der Waals surface area (Å²) < 4.78 is 6.52. The van der Waals surface area contributed by atoms with Crippen molar-refractivity contribution in [1.82, 2.24) is 15.1 Å². The highest BCUT2D eigenvalue weighted by Gasteiger charge is 2.18. The summed E-state index contributed by atoms with van der Waals surface area (Å²) in [4.78, 5) is 11.6. The second kappa shape index (κ2) is 7.38. The molecular formula is C12H20ClN3O2. The number of aryl methyl sites for hydroxylation is 2. The lowest BCUT2D eigenvalue weighted by Gasteiger charge is -2.15. The molecule has 1 heterocycles. The second-order valence-corrected chi connectivity index (χ2v) is 4.55. The van der Waals surface area contributed by atoms with Crippen LogP contribution in [0.15, 0.2) is 6.20 Å². The lowest BCUT2D eigenvalue weighted by molar-refractivity contribution is -0.143. The van der Waals surface area contributed by atoms with Crippen LogP contribution in [-0.4, -0.2) is 35.4 Å². The lowest BCUT2D eigenvalue weighted by atomic mass is 10.2. The maximum Gasteiger partial charge on any atom is 0.322 e. The molecule has 0 radical (unpaired) electrons. The van der Waals surface area contributed by atoms with Gasteiger partial charge in [-0.2, -0.15) is 5.10 Å². The van der Waals surface area contributed by atoms with E-state index in [1.54, 1.807) is 10.9 Å². The fourth-order valence-corrected chi connectivity index (χ4v) is 1.78. The van der Waals surface area contributed by atoms with E-state index in [4.69, 9.17) is 16.3 Å². The molecule has 0 saturated carbocycles. The van der Waals surface area contributed by atoms with Gasteiger partial charge in [-0.3, -0.25) is 9.48 Å². The summed E-state index contributed by atoms with van der Waals surface area (Å²) in [6.45, 7) is 5.33. The molecule has 1 atom stereocenters. The van der Waals surface area contributed by atoms with E-state index in [-0.39, 0.29) is 12.0 Å². The van der Waals surface area contributed by atoms with Gasteiger partial charge in [-0.15, -0.1) is 0 Å². The van der Waals surface area contributed by atoms with Crippen molar-refractivity contribution >= 4 is 17.6 Å². The Balaban J connectivity index is 2.52. The molecule has 0 aliphatic rings. The maximum absolute atomic E-state index is 11.6. The number of ether oxygens (including phenoxy) is 1. The van der Waals surface area contributed by atoms with Gasteiger partial charge in [0, 0.05) is 12.7 Å². The number of carbonyl (C=O) groups excluding carboxylic acids is 1. The number of hydrogen-bond donors (Lipinski definition) is 1. The quantitative estimate of drug-likeness (QED) is 0.770. The Morgan fingerprint density at radius 1 is 1.67 bits per heavy atom. The monoisotopic (exact) mass is 273 g/mol. The average Bonchev–Trinajstić information content (AvgIpc) is 2.68. The van der Waals surface area contributed by atoms with Crippen molar-refractivity contribution in [3.8, 4) is 0 Å². The zero-order valence-corrected chi connectivity index (χ0v) is 11.8. The van der Waals surface area contributed by atoms with Crippen LogP contribution in [-0.2, 0) is 16.1 Å². The van der Waals surface area contributed by atoms with E-state index in [1.165, 1.54) is 7.11 Å². The minimum absolute atomic E-state index is 0.238. The van der Waals surface area contributed by atoms with Crippen molar-refractivity contribution in [2.45, 2.75) is 39.3 Å². The molecule has 0 aliphatic heterocycles. The van der Waals surface area contributed by atoms with Gasteiger partial charge >= 0.3 is 5.97 Å². The highest BCUT2D eigenvalue weighted by Crippen LogP contribution is 2.12. The van der Waals surface area contributed by atoms with Crippen molar-refractivity contribution < 1.29 is 9.53 Å². The lowest BCUT2D eigenvalue weighted by Crippen LogP contribution is -2.38. The third-order valence-corrected chi connectivity index (χ3v) is 3.03. The molecule has 0 amide bonds. The molecule has 18 heavy (non-hydrogen) atoms. The van der Waals surface area contributed by atoms with E-state index in [0.717, 1.165) is 18.7 Å². The molecule has 6 heteroatoms. The molecule has 0 aromatic carbocycles. The van der Waals surface area contributed by atoms with Gasteiger partial charge in [0.05, 0.1) is 17.8 Å². The van der Waals surface area contributed by atoms with Crippen LogP contribution < -0.4 is 5.32 Å². The normalized spacial score (nSPS) is 12.4.